The van der Waals surface area contributed by atoms with Crippen LogP contribution in [0, 0.1) is 20.8 Å². The number of aromatic nitrogens is 1. The summed E-state index contributed by atoms with van der Waals surface area (Å²) in [6, 6.07) is 6.02. The van der Waals surface area contributed by atoms with Crippen molar-refractivity contribution < 1.29 is 14.6 Å². The number of aryl methyl sites for hydroxylation is 3. The third-order valence-electron chi connectivity index (χ3n) is 3.38. The monoisotopic (exact) mass is 305 g/mol. The first-order valence-electron chi connectivity index (χ1n) is 6.87. The molecular weight excluding hydrogens is 286 g/mol. The van der Waals surface area contributed by atoms with Crippen LogP contribution in [-0.4, -0.2) is 22.7 Å². The third kappa shape index (κ3) is 3.82. The molecule has 1 aromatic heterocycles. The van der Waals surface area contributed by atoms with Gasteiger partial charge in [0, 0.05) is 6.42 Å². The fourth-order valence-corrected chi connectivity index (χ4v) is 2.99. The molecule has 4 nitrogen and oxygen atoms in total. The van der Waals surface area contributed by atoms with Crippen LogP contribution < -0.4 is 4.74 Å². The Morgan fingerprint density at radius 3 is 2.76 bits per heavy atom. The predicted octanol–water partition coefficient (Wildman–Crippen LogP) is 3.78. The minimum absolute atomic E-state index is 0.334. The number of benzene rings is 1. The molecule has 0 fully saturated rings. The maximum absolute atomic E-state index is 11.0. The molecule has 1 heterocycles. The highest BCUT2D eigenvalue weighted by atomic mass is 32.1. The molecule has 1 N–H and O–H groups in total. The van der Waals surface area contributed by atoms with Gasteiger partial charge in [-0.25, -0.2) is 9.78 Å². The van der Waals surface area contributed by atoms with Gasteiger partial charge in [-0.1, -0.05) is 12.1 Å². The van der Waals surface area contributed by atoms with Gasteiger partial charge in [-0.2, -0.15) is 0 Å². The number of ether oxygens (including phenoxy) is 1. The predicted molar refractivity (Wildman–Crippen MR) is 83.5 cm³/mol. The molecule has 0 saturated heterocycles. The number of carboxylic acid groups (broad SMARTS) is 1. The molecular formula is C16H19NO3S. The van der Waals surface area contributed by atoms with E-state index in [0.717, 1.165) is 29.2 Å². The van der Waals surface area contributed by atoms with E-state index in [0.29, 0.717) is 17.2 Å². The normalized spacial score (nSPS) is 10.6. The van der Waals surface area contributed by atoms with E-state index in [9.17, 15) is 4.79 Å². The number of hydrogen-bond donors (Lipinski definition) is 1. The van der Waals surface area contributed by atoms with Crippen LogP contribution in [0.4, 0.5) is 0 Å². The lowest BCUT2D eigenvalue weighted by molar-refractivity contribution is 0.0701. The van der Waals surface area contributed by atoms with E-state index in [4.69, 9.17) is 9.84 Å². The average Bonchev–Trinajstić information content (AvgIpc) is 2.80. The Labute approximate surface area is 128 Å². The molecule has 5 heteroatoms. The van der Waals surface area contributed by atoms with Gasteiger partial charge >= 0.3 is 5.97 Å². The van der Waals surface area contributed by atoms with Gasteiger partial charge in [0.05, 0.1) is 17.3 Å². The Morgan fingerprint density at radius 1 is 1.33 bits per heavy atom. The number of nitrogens with zero attached hydrogens (tertiary/aromatic N) is 1. The number of carbonyl (C=O) groups is 1. The van der Waals surface area contributed by atoms with Crippen molar-refractivity contribution in [2.75, 3.05) is 6.61 Å². The van der Waals surface area contributed by atoms with Crippen molar-refractivity contribution >= 4 is 17.3 Å². The van der Waals surface area contributed by atoms with Crippen LogP contribution in [0.1, 0.15) is 37.9 Å². The average molecular weight is 305 g/mol. The first-order valence-corrected chi connectivity index (χ1v) is 7.69. The minimum Gasteiger partial charge on any atom is -0.493 e. The molecule has 1 aromatic carbocycles. The lowest BCUT2D eigenvalue weighted by Gasteiger charge is -2.10. The fourth-order valence-electron chi connectivity index (χ4n) is 2.04. The molecule has 0 radical (unpaired) electrons. The molecule has 21 heavy (non-hydrogen) atoms. The summed E-state index contributed by atoms with van der Waals surface area (Å²) >= 11 is 1.25. The van der Waals surface area contributed by atoms with Crippen LogP contribution in [0.5, 0.6) is 5.75 Å². The number of carboxylic acids is 1. The SMILES string of the molecule is Cc1cccc(OCCCc2nc(C)c(C(=O)O)s2)c1C. The van der Waals surface area contributed by atoms with Crippen molar-refractivity contribution in [2.45, 2.75) is 33.6 Å². The molecule has 0 aliphatic heterocycles. The molecule has 0 saturated carbocycles. The van der Waals surface area contributed by atoms with Gasteiger partial charge in [-0.05, 0) is 44.4 Å². The quantitative estimate of drug-likeness (QED) is 0.825. The second kappa shape index (κ2) is 6.72. The van der Waals surface area contributed by atoms with Gasteiger partial charge < -0.3 is 9.84 Å². The van der Waals surface area contributed by atoms with E-state index in [-0.39, 0.29) is 0 Å². The fraction of sp³-hybridized carbons (Fsp3) is 0.375. The summed E-state index contributed by atoms with van der Waals surface area (Å²) in [6.45, 7) is 6.45. The summed E-state index contributed by atoms with van der Waals surface area (Å²) < 4.78 is 5.78. The van der Waals surface area contributed by atoms with Gasteiger partial charge in [0.25, 0.3) is 0 Å². The Morgan fingerprint density at radius 2 is 2.10 bits per heavy atom. The second-order valence-corrected chi connectivity index (χ2v) is 6.06. The molecule has 112 valence electrons. The summed E-state index contributed by atoms with van der Waals surface area (Å²) in [7, 11) is 0. The van der Waals surface area contributed by atoms with Gasteiger partial charge in [0.2, 0.25) is 0 Å². The minimum atomic E-state index is -0.900. The van der Waals surface area contributed by atoms with Crippen LogP contribution >= 0.6 is 11.3 Å². The topological polar surface area (TPSA) is 59.4 Å². The Kier molecular flexibility index (Phi) is 4.96. The summed E-state index contributed by atoms with van der Waals surface area (Å²) in [5.41, 5.74) is 2.97. The van der Waals surface area contributed by atoms with Crippen molar-refractivity contribution in [1.29, 1.82) is 0 Å². The van der Waals surface area contributed by atoms with Gasteiger partial charge in [0.15, 0.2) is 0 Å². The highest BCUT2D eigenvalue weighted by Gasteiger charge is 2.13. The van der Waals surface area contributed by atoms with E-state index >= 15 is 0 Å². The molecule has 2 aromatic rings. The maximum Gasteiger partial charge on any atom is 0.347 e. The highest BCUT2D eigenvalue weighted by Crippen LogP contribution is 2.22. The summed E-state index contributed by atoms with van der Waals surface area (Å²) in [4.78, 5) is 15.6. The standard InChI is InChI=1S/C16H19NO3S/c1-10-6-4-7-13(11(10)2)20-9-5-8-14-17-12(3)15(21-14)16(18)19/h4,6-7H,5,8-9H2,1-3H3,(H,18,19). The first-order chi connectivity index (χ1) is 9.99. The van der Waals surface area contributed by atoms with Crippen LogP contribution in [-0.2, 0) is 6.42 Å². The molecule has 0 spiro atoms. The van der Waals surface area contributed by atoms with Crippen molar-refractivity contribution in [1.82, 2.24) is 4.98 Å². The molecule has 0 bridgehead atoms. The molecule has 0 unspecified atom stereocenters. The van der Waals surface area contributed by atoms with Crippen LogP contribution in [0.15, 0.2) is 18.2 Å². The smallest absolute Gasteiger partial charge is 0.347 e. The largest absolute Gasteiger partial charge is 0.493 e. The number of thiazole rings is 1. The van der Waals surface area contributed by atoms with Crippen LogP contribution in [0.2, 0.25) is 0 Å². The zero-order valence-electron chi connectivity index (χ0n) is 12.5. The molecule has 0 aliphatic rings. The molecule has 0 aliphatic carbocycles. The highest BCUT2D eigenvalue weighted by molar-refractivity contribution is 7.13. The van der Waals surface area contributed by atoms with E-state index in [1.165, 1.54) is 16.9 Å². The molecule has 0 amide bonds. The van der Waals surface area contributed by atoms with Crippen LogP contribution in [0.25, 0.3) is 0 Å². The zero-order valence-corrected chi connectivity index (χ0v) is 13.3. The van der Waals surface area contributed by atoms with Crippen molar-refractivity contribution in [3.05, 3.63) is 44.9 Å². The van der Waals surface area contributed by atoms with Crippen molar-refractivity contribution in [3.8, 4) is 5.75 Å². The van der Waals surface area contributed by atoms with Crippen molar-refractivity contribution in [2.24, 2.45) is 0 Å². The molecule has 2 rings (SSSR count). The summed E-state index contributed by atoms with van der Waals surface area (Å²) in [5.74, 6) is 0.0134. The van der Waals surface area contributed by atoms with Crippen LogP contribution in [0.3, 0.4) is 0 Å². The Balaban J connectivity index is 1.86. The number of aromatic carboxylic acids is 1. The van der Waals surface area contributed by atoms with E-state index < -0.39 is 5.97 Å². The van der Waals surface area contributed by atoms with Crippen molar-refractivity contribution in [3.63, 3.8) is 0 Å². The Bertz CT molecular complexity index is 649. The lowest BCUT2D eigenvalue weighted by atomic mass is 10.1. The maximum atomic E-state index is 11.0. The third-order valence-corrected chi connectivity index (χ3v) is 4.59. The number of hydrogen-bond acceptors (Lipinski definition) is 4. The van der Waals surface area contributed by atoms with E-state index in [1.807, 2.05) is 19.1 Å². The van der Waals surface area contributed by atoms with Gasteiger partial charge in [0.1, 0.15) is 10.6 Å². The summed E-state index contributed by atoms with van der Waals surface area (Å²) in [5, 5.41) is 9.86. The first kappa shape index (κ1) is 15.5. The zero-order chi connectivity index (χ0) is 15.4. The Hall–Kier alpha value is -1.88. The lowest BCUT2D eigenvalue weighted by Crippen LogP contribution is -2.01. The number of rotatable bonds is 6. The van der Waals surface area contributed by atoms with Gasteiger partial charge in [-0.15, -0.1) is 11.3 Å². The second-order valence-electron chi connectivity index (χ2n) is 4.98. The van der Waals surface area contributed by atoms with E-state index in [2.05, 4.69) is 18.0 Å². The molecule has 0 atom stereocenters. The van der Waals surface area contributed by atoms with Gasteiger partial charge in [-0.3, -0.25) is 0 Å². The van der Waals surface area contributed by atoms with E-state index in [1.54, 1.807) is 6.92 Å². The summed E-state index contributed by atoms with van der Waals surface area (Å²) in [6.07, 6.45) is 1.56.